The van der Waals surface area contributed by atoms with Crippen molar-refractivity contribution in [1.82, 2.24) is 34.1 Å². The van der Waals surface area contributed by atoms with E-state index in [-0.39, 0.29) is 39.3 Å². The van der Waals surface area contributed by atoms with Crippen molar-refractivity contribution in [3.05, 3.63) is 55.8 Å². The van der Waals surface area contributed by atoms with Crippen molar-refractivity contribution >= 4 is 35.4 Å². The highest BCUT2D eigenvalue weighted by Crippen LogP contribution is 2.02. The van der Waals surface area contributed by atoms with Gasteiger partial charge in [0.2, 0.25) is 11.8 Å². The zero-order valence-electron chi connectivity index (χ0n) is 20.0. The summed E-state index contributed by atoms with van der Waals surface area (Å²) in [6.07, 6.45) is 4.30. The molecular weight excluding hydrogens is 508 g/mol. The summed E-state index contributed by atoms with van der Waals surface area (Å²) in [5.41, 5.74) is 1.98. The third kappa shape index (κ3) is 6.06. The van der Waals surface area contributed by atoms with Gasteiger partial charge in [0.25, 0.3) is 23.6 Å². The number of nitrogens with one attached hydrogen (secondary N) is 2. The number of carbonyl (C=O) groups excluding carboxylic acids is 6. The van der Waals surface area contributed by atoms with Crippen LogP contribution in [0.2, 0.25) is 0 Å². The minimum atomic E-state index is -1.23. The largest absolute Gasteiger partial charge is 0.353 e. The molecule has 38 heavy (non-hydrogen) atoms. The summed E-state index contributed by atoms with van der Waals surface area (Å²) in [4.78, 5) is 111. The molecule has 1 aromatic rings. The molecule has 0 aromatic carbocycles. The molecule has 0 unspecified atom stereocenters. The number of amides is 6. The Morgan fingerprint density at radius 3 is 1.26 bits per heavy atom. The van der Waals surface area contributed by atoms with Crippen molar-refractivity contribution in [3.8, 4) is 0 Å². The molecule has 2 aliphatic heterocycles. The van der Waals surface area contributed by atoms with E-state index in [9.17, 15) is 43.2 Å². The molecule has 17 heteroatoms. The van der Waals surface area contributed by atoms with Crippen LogP contribution in [0.4, 0.5) is 0 Å². The zero-order chi connectivity index (χ0) is 28.0. The summed E-state index contributed by atoms with van der Waals surface area (Å²) in [6, 6.07) is 0. The minimum Gasteiger partial charge on any atom is -0.353 e. The first-order valence-electron chi connectivity index (χ1n) is 11.3. The number of nitrogens with two attached hydrogens (primary N) is 1. The molecule has 0 saturated heterocycles. The van der Waals surface area contributed by atoms with Crippen LogP contribution in [0.3, 0.4) is 0 Å². The van der Waals surface area contributed by atoms with Crippen LogP contribution in [0.15, 0.2) is 38.7 Å². The van der Waals surface area contributed by atoms with Gasteiger partial charge in [-0.05, 0) is 0 Å². The summed E-state index contributed by atoms with van der Waals surface area (Å²) in [5, 5.41) is 4.73. The Balaban J connectivity index is 1.69. The molecule has 0 spiro atoms. The van der Waals surface area contributed by atoms with E-state index in [1.54, 1.807) is 0 Å². The van der Waals surface area contributed by atoms with Crippen molar-refractivity contribution in [3.63, 3.8) is 0 Å². The Morgan fingerprint density at radius 1 is 0.579 bits per heavy atom. The number of aromatic nitrogens is 3. The molecule has 2 aliphatic rings. The van der Waals surface area contributed by atoms with Gasteiger partial charge in [0.1, 0.15) is 13.1 Å². The second-order valence-electron chi connectivity index (χ2n) is 7.98. The molecule has 6 amide bonds. The highest BCUT2D eigenvalue weighted by molar-refractivity contribution is 6.13. The van der Waals surface area contributed by atoms with Gasteiger partial charge in [0, 0.05) is 63.6 Å². The molecule has 17 nitrogen and oxygen atoms in total. The SMILES string of the molecule is NCCn1c(=O)n(CC(=O)NCCN2C(=O)C=CC2=O)c(=O)n(CC(=O)NCCN2C(=O)C=CC2=O)c1=O. The molecule has 0 atom stereocenters. The maximum Gasteiger partial charge on any atom is 0.337 e. The Morgan fingerprint density at radius 2 is 0.921 bits per heavy atom. The molecule has 202 valence electrons. The Labute approximate surface area is 212 Å². The van der Waals surface area contributed by atoms with Crippen LogP contribution in [0.25, 0.3) is 0 Å². The lowest BCUT2D eigenvalue weighted by atomic mass is 10.4. The normalized spacial score (nSPS) is 14.7. The average molecular weight is 532 g/mol. The minimum absolute atomic E-state index is 0.146. The first kappa shape index (κ1) is 27.7. The maximum absolute atomic E-state index is 12.9. The third-order valence-corrected chi connectivity index (χ3v) is 5.46. The topological polar surface area (TPSA) is 225 Å². The van der Waals surface area contributed by atoms with Gasteiger partial charge in [-0.15, -0.1) is 0 Å². The number of rotatable bonds is 12. The molecular formula is C21H24N8O9. The molecule has 1 aromatic heterocycles. The number of carbonyl (C=O) groups is 6. The van der Waals surface area contributed by atoms with Gasteiger partial charge in [0.15, 0.2) is 0 Å². The Bertz CT molecular complexity index is 1290. The zero-order valence-corrected chi connectivity index (χ0v) is 20.0. The lowest BCUT2D eigenvalue weighted by Gasteiger charge is -2.16. The number of imide groups is 2. The van der Waals surface area contributed by atoms with Gasteiger partial charge in [0.05, 0.1) is 0 Å². The predicted molar refractivity (Wildman–Crippen MR) is 126 cm³/mol. The Kier molecular flexibility index (Phi) is 8.64. The van der Waals surface area contributed by atoms with E-state index in [0.29, 0.717) is 13.7 Å². The van der Waals surface area contributed by atoms with Gasteiger partial charge < -0.3 is 16.4 Å². The summed E-state index contributed by atoms with van der Waals surface area (Å²) in [7, 11) is 0. The van der Waals surface area contributed by atoms with Crippen LogP contribution in [0.1, 0.15) is 0 Å². The summed E-state index contributed by atoms with van der Waals surface area (Å²) in [6.45, 7) is -2.73. The van der Waals surface area contributed by atoms with Gasteiger partial charge in [-0.2, -0.15) is 0 Å². The fourth-order valence-electron chi connectivity index (χ4n) is 3.59. The van der Waals surface area contributed by atoms with Crippen molar-refractivity contribution in [1.29, 1.82) is 0 Å². The third-order valence-electron chi connectivity index (χ3n) is 5.46. The molecule has 4 N–H and O–H groups in total. The summed E-state index contributed by atoms with van der Waals surface area (Å²) in [5.74, 6) is -3.87. The van der Waals surface area contributed by atoms with Crippen molar-refractivity contribution in [2.45, 2.75) is 19.6 Å². The van der Waals surface area contributed by atoms with Crippen LogP contribution in [0.5, 0.6) is 0 Å². The van der Waals surface area contributed by atoms with Gasteiger partial charge in [-0.3, -0.25) is 38.6 Å². The molecule has 0 bridgehead atoms. The van der Waals surface area contributed by atoms with Crippen LogP contribution in [-0.2, 0) is 48.4 Å². The van der Waals surface area contributed by atoms with Crippen LogP contribution in [-0.4, -0.2) is 91.7 Å². The van der Waals surface area contributed by atoms with E-state index in [4.69, 9.17) is 5.73 Å². The second-order valence-corrected chi connectivity index (χ2v) is 7.98. The fourth-order valence-corrected chi connectivity index (χ4v) is 3.59. The van der Waals surface area contributed by atoms with E-state index in [2.05, 4.69) is 10.6 Å². The van der Waals surface area contributed by atoms with Crippen LogP contribution >= 0.6 is 0 Å². The van der Waals surface area contributed by atoms with E-state index in [0.717, 1.165) is 34.1 Å². The van der Waals surface area contributed by atoms with Gasteiger partial charge >= 0.3 is 17.1 Å². The molecule has 0 fully saturated rings. The molecule has 3 rings (SSSR count). The quantitative estimate of drug-likeness (QED) is 0.216. The van der Waals surface area contributed by atoms with E-state index >= 15 is 0 Å². The standard InChI is InChI=1S/C21H24N8O9/c22-5-8-27-19(36)28(11-13(30)23-6-9-25-15(32)1-2-16(25)33)21(38)29(20(27)37)12-14(31)24-7-10-26-17(34)3-4-18(26)35/h1-4H,5-12,22H2,(H,23,30)(H,24,31). The lowest BCUT2D eigenvalue weighted by molar-refractivity contribution is -0.138. The van der Waals surface area contributed by atoms with E-state index < -0.39 is 65.6 Å². The second kappa shape index (κ2) is 11.9. The monoisotopic (exact) mass is 532 g/mol. The predicted octanol–water partition coefficient (Wildman–Crippen LogP) is -5.79. The summed E-state index contributed by atoms with van der Waals surface area (Å²) >= 11 is 0. The fraction of sp³-hybridized carbons (Fsp3) is 0.381. The number of hydrogen-bond donors (Lipinski definition) is 3. The highest BCUT2D eigenvalue weighted by Gasteiger charge is 2.24. The van der Waals surface area contributed by atoms with Crippen LogP contribution in [0, 0.1) is 0 Å². The lowest BCUT2D eigenvalue weighted by Crippen LogP contribution is -2.57. The smallest absolute Gasteiger partial charge is 0.337 e. The van der Waals surface area contributed by atoms with Crippen molar-refractivity contribution < 1.29 is 28.8 Å². The molecule has 0 radical (unpaired) electrons. The first-order valence-corrected chi connectivity index (χ1v) is 11.3. The van der Waals surface area contributed by atoms with Crippen LogP contribution < -0.4 is 33.4 Å². The maximum atomic E-state index is 12.9. The van der Waals surface area contributed by atoms with E-state index in [1.165, 1.54) is 0 Å². The number of nitrogens with zero attached hydrogens (tertiary/aromatic N) is 5. The summed E-state index contributed by atoms with van der Waals surface area (Å²) < 4.78 is 1.49. The van der Waals surface area contributed by atoms with Gasteiger partial charge in [-0.1, -0.05) is 0 Å². The average Bonchev–Trinajstić information content (AvgIpc) is 3.37. The van der Waals surface area contributed by atoms with E-state index in [1.807, 2.05) is 0 Å². The highest BCUT2D eigenvalue weighted by atomic mass is 16.2. The molecule has 0 aliphatic carbocycles. The van der Waals surface area contributed by atoms with Gasteiger partial charge in [-0.25, -0.2) is 28.1 Å². The molecule has 0 saturated carbocycles. The molecule has 3 heterocycles. The Hall–Kier alpha value is -4.93. The first-order chi connectivity index (χ1) is 18.0. The number of hydrogen-bond acceptors (Lipinski definition) is 10. The van der Waals surface area contributed by atoms with Crippen molar-refractivity contribution in [2.75, 3.05) is 32.7 Å². The van der Waals surface area contributed by atoms with Crippen molar-refractivity contribution in [2.24, 2.45) is 5.73 Å².